The van der Waals surface area contributed by atoms with E-state index in [1.165, 1.54) is 6.07 Å². The molecule has 0 unspecified atom stereocenters. The lowest BCUT2D eigenvalue weighted by molar-refractivity contribution is -0.385. The molecule has 0 spiro atoms. The number of aryl methyl sites for hydroxylation is 1. The highest BCUT2D eigenvalue weighted by Crippen LogP contribution is 2.39. The normalized spacial score (nSPS) is 17.5. The molecular formula is C13H17BrN2O3. The van der Waals surface area contributed by atoms with Crippen molar-refractivity contribution < 1.29 is 10.0 Å². The number of hydrogen-bond acceptors (Lipinski definition) is 4. The molecule has 104 valence electrons. The molecule has 19 heavy (non-hydrogen) atoms. The molecule has 0 amide bonds. The molecule has 1 aromatic carbocycles. The maximum Gasteiger partial charge on any atom is 0.273 e. The van der Waals surface area contributed by atoms with Crippen molar-refractivity contribution in [3.63, 3.8) is 0 Å². The molecule has 6 heteroatoms. The first-order chi connectivity index (χ1) is 8.74. The van der Waals surface area contributed by atoms with E-state index in [2.05, 4.69) is 15.9 Å². The van der Waals surface area contributed by atoms with Crippen molar-refractivity contribution >= 4 is 27.3 Å². The predicted molar refractivity (Wildman–Crippen MR) is 77.5 cm³/mol. The van der Waals surface area contributed by atoms with Gasteiger partial charge in [-0.3, -0.25) is 10.1 Å². The van der Waals surface area contributed by atoms with Gasteiger partial charge in [0.05, 0.1) is 10.6 Å². The van der Waals surface area contributed by atoms with Crippen LogP contribution in [0.25, 0.3) is 0 Å². The molecule has 0 aromatic heterocycles. The maximum absolute atomic E-state index is 10.9. The number of aliphatic hydroxyl groups is 1. The van der Waals surface area contributed by atoms with Crippen LogP contribution in [0.1, 0.15) is 19.4 Å². The Morgan fingerprint density at radius 1 is 1.47 bits per heavy atom. The molecule has 1 heterocycles. The highest BCUT2D eigenvalue weighted by atomic mass is 79.9. The Morgan fingerprint density at radius 2 is 2.05 bits per heavy atom. The molecule has 1 aromatic rings. The van der Waals surface area contributed by atoms with E-state index in [1.54, 1.807) is 13.0 Å². The molecule has 1 N–H and O–H groups in total. The lowest BCUT2D eigenvalue weighted by atomic mass is 9.82. The van der Waals surface area contributed by atoms with Gasteiger partial charge in [0, 0.05) is 29.2 Å². The molecule has 1 fully saturated rings. The first-order valence-electron chi connectivity index (χ1n) is 6.16. The van der Waals surface area contributed by atoms with Crippen molar-refractivity contribution in [2.75, 3.05) is 18.0 Å². The van der Waals surface area contributed by atoms with Crippen molar-refractivity contribution in [1.82, 2.24) is 0 Å². The largest absolute Gasteiger partial charge is 0.386 e. The molecule has 0 radical (unpaired) electrons. The highest BCUT2D eigenvalue weighted by Gasteiger charge is 2.44. The summed E-state index contributed by atoms with van der Waals surface area (Å²) in [7, 11) is 0. The lowest BCUT2D eigenvalue weighted by Gasteiger charge is -2.50. The third kappa shape index (κ3) is 2.47. The smallest absolute Gasteiger partial charge is 0.273 e. The van der Waals surface area contributed by atoms with Crippen LogP contribution in [0.5, 0.6) is 0 Å². The molecule has 1 aliphatic heterocycles. The lowest BCUT2D eigenvalue weighted by Crippen LogP contribution is -2.64. The number of benzene rings is 1. The average Bonchev–Trinajstić information content (AvgIpc) is 2.27. The second kappa shape index (κ2) is 4.76. The van der Waals surface area contributed by atoms with Crippen LogP contribution in [0.2, 0.25) is 0 Å². The number of rotatable bonds is 3. The molecule has 0 saturated carbocycles. The number of nitrogens with zero attached hydrogens (tertiary/aromatic N) is 2. The van der Waals surface area contributed by atoms with E-state index in [0.29, 0.717) is 23.1 Å². The average molecular weight is 329 g/mol. The van der Waals surface area contributed by atoms with Crippen LogP contribution in [0.4, 0.5) is 11.4 Å². The molecule has 0 aliphatic carbocycles. The zero-order chi connectivity index (χ0) is 14.4. The van der Waals surface area contributed by atoms with E-state index in [0.717, 1.165) is 5.69 Å². The van der Waals surface area contributed by atoms with Crippen molar-refractivity contribution in [3.8, 4) is 0 Å². The van der Waals surface area contributed by atoms with E-state index in [4.69, 9.17) is 0 Å². The standard InChI is InChI=1S/C13H17BrN2O3/c1-8(2)13(17)6-15(7-13)12-4-9(3)11(16(18)19)5-10(12)14/h4-5,8,17H,6-7H2,1-3H3. The summed E-state index contributed by atoms with van der Waals surface area (Å²) >= 11 is 3.37. The zero-order valence-electron chi connectivity index (χ0n) is 11.2. The third-order valence-electron chi connectivity index (χ3n) is 3.81. The van der Waals surface area contributed by atoms with Gasteiger partial charge in [0.1, 0.15) is 5.60 Å². The highest BCUT2D eigenvalue weighted by molar-refractivity contribution is 9.10. The van der Waals surface area contributed by atoms with Gasteiger partial charge in [0.15, 0.2) is 0 Å². The zero-order valence-corrected chi connectivity index (χ0v) is 12.8. The number of anilines is 1. The van der Waals surface area contributed by atoms with E-state index in [9.17, 15) is 15.2 Å². The number of nitro benzene ring substituents is 1. The Labute approximate surface area is 120 Å². The topological polar surface area (TPSA) is 66.6 Å². The fraction of sp³-hybridized carbons (Fsp3) is 0.538. The number of β-amino-alcohol motifs (C(OH)–C–C–N with tert-alkyl or cyclic N) is 1. The van der Waals surface area contributed by atoms with Crippen LogP contribution in [-0.4, -0.2) is 28.7 Å². The minimum absolute atomic E-state index is 0.107. The van der Waals surface area contributed by atoms with E-state index in [1.807, 2.05) is 18.7 Å². The Balaban J connectivity index is 2.25. The van der Waals surface area contributed by atoms with Crippen LogP contribution in [0, 0.1) is 23.0 Å². The first kappa shape index (κ1) is 14.3. The molecule has 2 rings (SSSR count). The second-order valence-electron chi connectivity index (χ2n) is 5.46. The van der Waals surface area contributed by atoms with Gasteiger partial charge in [0.2, 0.25) is 0 Å². The van der Waals surface area contributed by atoms with Crippen LogP contribution in [0.3, 0.4) is 0 Å². The number of halogens is 1. The SMILES string of the molecule is Cc1cc(N2CC(O)(C(C)C)C2)c(Br)cc1[N+](=O)[O-]. The van der Waals surface area contributed by atoms with Gasteiger partial charge in [-0.2, -0.15) is 0 Å². The molecule has 5 nitrogen and oxygen atoms in total. The molecule has 0 atom stereocenters. The predicted octanol–water partition coefficient (Wildman–Crippen LogP) is 2.87. The van der Waals surface area contributed by atoms with Gasteiger partial charge in [0.25, 0.3) is 5.69 Å². The van der Waals surface area contributed by atoms with Crippen molar-refractivity contribution in [2.45, 2.75) is 26.4 Å². The Morgan fingerprint density at radius 3 is 2.53 bits per heavy atom. The van der Waals surface area contributed by atoms with Crippen LogP contribution < -0.4 is 4.90 Å². The quantitative estimate of drug-likeness (QED) is 0.684. The summed E-state index contributed by atoms with van der Waals surface area (Å²) in [5, 5.41) is 21.1. The minimum Gasteiger partial charge on any atom is -0.386 e. The van der Waals surface area contributed by atoms with Gasteiger partial charge < -0.3 is 10.0 Å². The van der Waals surface area contributed by atoms with E-state index < -0.39 is 5.60 Å². The van der Waals surface area contributed by atoms with Crippen molar-refractivity contribution in [1.29, 1.82) is 0 Å². The Kier molecular flexibility index (Phi) is 3.57. The third-order valence-corrected chi connectivity index (χ3v) is 4.44. The van der Waals surface area contributed by atoms with E-state index >= 15 is 0 Å². The number of nitro groups is 1. The summed E-state index contributed by atoms with van der Waals surface area (Å²) in [4.78, 5) is 12.5. The van der Waals surface area contributed by atoms with Crippen LogP contribution in [-0.2, 0) is 0 Å². The van der Waals surface area contributed by atoms with Gasteiger partial charge in [-0.05, 0) is 34.8 Å². The summed E-state index contributed by atoms with van der Waals surface area (Å²) in [5.41, 5.74) is 0.974. The number of hydrogen-bond donors (Lipinski definition) is 1. The van der Waals surface area contributed by atoms with Crippen molar-refractivity contribution in [2.24, 2.45) is 5.92 Å². The molecular weight excluding hydrogens is 312 g/mol. The van der Waals surface area contributed by atoms with Gasteiger partial charge >= 0.3 is 0 Å². The summed E-state index contributed by atoms with van der Waals surface area (Å²) < 4.78 is 0.690. The van der Waals surface area contributed by atoms with E-state index in [-0.39, 0.29) is 16.5 Å². The minimum atomic E-state index is -0.658. The molecule has 1 saturated heterocycles. The van der Waals surface area contributed by atoms with Gasteiger partial charge in [-0.15, -0.1) is 0 Å². The monoisotopic (exact) mass is 328 g/mol. The molecule has 0 bridgehead atoms. The van der Waals surface area contributed by atoms with Crippen LogP contribution >= 0.6 is 15.9 Å². The van der Waals surface area contributed by atoms with Crippen molar-refractivity contribution in [3.05, 3.63) is 32.3 Å². The summed E-state index contributed by atoms with van der Waals surface area (Å²) in [6, 6.07) is 3.32. The Bertz CT molecular complexity index is 525. The Hall–Kier alpha value is -1.14. The van der Waals surface area contributed by atoms with Gasteiger partial charge in [-0.25, -0.2) is 0 Å². The fourth-order valence-corrected chi connectivity index (χ4v) is 2.83. The maximum atomic E-state index is 10.9. The summed E-state index contributed by atoms with van der Waals surface area (Å²) in [5.74, 6) is 0.196. The summed E-state index contributed by atoms with van der Waals surface area (Å²) in [6.07, 6.45) is 0. The van der Waals surface area contributed by atoms with Gasteiger partial charge in [-0.1, -0.05) is 13.8 Å². The van der Waals surface area contributed by atoms with Crippen LogP contribution in [0.15, 0.2) is 16.6 Å². The summed E-state index contributed by atoms with van der Waals surface area (Å²) in [6.45, 7) is 6.82. The first-order valence-corrected chi connectivity index (χ1v) is 6.96. The molecule has 1 aliphatic rings. The fourth-order valence-electron chi connectivity index (χ4n) is 2.25. The second-order valence-corrected chi connectivity index (χ2v) is 6.32.